The molecule has 0 saturated heterocycles. The highest BCUT2D eigenvalue weighted by Crippen LogP contribution is 1.99. The molecule has 0 heterocycles. The molecule has 0 fully saturated rings. The third-order valence-corrected chi connectivity index (χ3v) is 2.61. The van der Waals surface area contributed by atoms with E-state index in [1.165, 1.54) is 12.8 Å². The molecule has 1 N–H and O–H groups in total. The van der Waals surface area contributed by atoms with Crippen LogP contribution in [-0.4, -0.2) is 11.9 Å². The smallest absolute Gasteiger partial charge is 0.252 e. The number of benzene rings is 1. The van der Waals surface area contributed by atoms with Crippen LogP contribution >= 0.6 is 0 Å². The zero-order valence-corrected chi connectivity index (χ0v) is 11.2. The average molecular weight is 243 g/mol. The van der Waals surface area contributed by atoms with Gasteiger partial charge in [-0.25, -0.2) is 0 Å². The molecule has 0 aliphatic heterocycles. The Morgan fingerprint density at radius 1 is 1.28 bits per heavy atom. The van der Waals surface area contributed by atoms with E-state index >= 15 is 0 Å². The molecule has 1 aromatic carbocycles. The molecule has 1 rings (SSSR count). The van der Waals surface area contributed by atoms with E-state index < -0.39 is 0 Å². The molecule has 0 aromatic heterocycles. The number of carbonyl (C=O) groups is 1. The van der Waals surface area contributed by atoms with Crippen LogP contribution in [0, 0.1) is 11.8 Å². The van der Waals surface area contributed by atoms with Crippen molar-refractivity contribution in [3.63, 3.8) is 0 Å². The van der Waals surface area contributed by atoms with Crippen molar-refractivity contribution in [2.45, 2.75) is 45.6 Å². The van der Waals surface area contributed by atoms with E-state index in [0.717, 1.165) is 12.8 Å². The number of rotatable bonds is 5. The van der Waals surface area contributed by atoms with Gasteiger partial charge in [-0.15, -0.1) is 5.92 Å². The van der Waals surface area contributed by atoms with Crippen LogP contribution in [0.15, 0.2) is 30.3 Å². The van der Waals surface area contributed by atoms with Gasteiger partial charge in [0.2, 0.25) is 0 Å². The third kappa shape index (κ3) is 5.54. The largest absolute Gasteiger partial charge is 0.339 e. The fourth-order valence-electron chi connectivity index (χ4n) is 1.59. The van der Waals surface area contributed by atoms with Crippen molar-refractivity contribution >= 4 is 5.91 Å². The van der Waals surface area contributed by atoms with Gasteiger partial charge in [-0.3, -0.25) is 4.79 Å². The Morgan fingerprint density at radius 3 is 2.67 bits per heavy atom. The van der Waals surface area contributed by atoms with Gasteiger partial charge in [0.1, 0.15) is 0 Å². The molecule has 1 amide bonds. The zero-order chi connectivity index (χ0) is 13.2. The first kappa shape index (κ1) is 14.3. The lowest BCUT2D eigenvalue weighted by Gasteiger charge is -2.07. The summed E-state index contributed by atoms with van der Waals surface area (Å²) in [5.41, 5.74) is 0.678. The van der Waals surface area contributed by atoms with E-state index in [1.807, 2.05) is 25.1 Å². The summed E-state index contributed by atoms with van der Waals surface area (Å²) < 4.78 is 0. The van der Waals surface area contributed by atoms with E-state index in [9.17, 15) is 4.79 Å². The zero-order valence-electron chi connectivity index (χ0n) is 11.2. The van der Waals surface area contributed by atoms with E-state index in [0.29, 0.717) is 5.56 Å². The van der Waals surface area contributed by atoms with Gasteiger partial charge in [0.25, 0.3) is 5.91 Å². The van der Waals surface area contributed by atoms with Crippen LogP contribution in [0.4, 0.5) is 0 Å². The highest BCUT2D eigenvalue weighted by Gasteiger charge is 2.06. The molecule has 0 radical (unpaired) electrons. The number of hydrogen-bond donors (Lipinski definition) is 1. The van der Waals surface area contributed by atoms with Gasteiger partial charge in [0.05, 0.1) is 6.04 Å². The second-order valence-electron chi connectivity index (χ2n) is 4.34. The minimum Gasteiger partial charge on any atom is -0.339 e. The fraction of sp³-hybridized carbons (Fsp3) is 0.438. The minimum atomic E-state index is -0.0978. The maximum absolute atomic E-state index is 11.8. The molecule has 0 saturated carbocycles. The maximum atomic E-state index is 11.8. The molecule has 0 aliphatic rings. The number of hydrogen-bond acceptors (Lipinski definition) is 1. The lowest BCUT2D eigenvalue weighted by molar-refractivity contribution is 0.0948. The van der Waals surface area contributed by atoms with Gasteiger partial charge < -0.3 is 5.32 Å². The van der Waals surface area contributed by atoms with Crippen molar-refractivity contribution in [2.24, 2.45) is 0 Å². The molecule has 18 heavy (non-hydrogen) atoms. The molecular formula is C16H21NO. The molecule has 1 atom stereocenters. The standard InChI is InChI=1S/C16H21NO/c1-3-4-5-6-8-11-14(2)17-16(18)15-12-9-7-10-13-15/h7,9-10,12-14H,3-6H2,1-2H3,(H,17,18)/t14-/m1/s1. The number of nitrogens with one attached hydrogen (secondary N) is 1. The normalized spacial score (nSPS) is 11.2. The Kier molecular flexibility index (Phi) is 6.64. The van der Waals surface area contributed by atoms with E-state index in [2.05, 4.69) is 24.1 Å². The molecule has 1 aromatic rings. The molecule has 96 valence electrons. The summed E-state index contributed by atoms with van der Waals surface area (Å²) in [6, 6.07) is 9.12. The van der Waals surface area contributed by atoms with E-state index in [-0.39, 0.29) is 11.9 Å². The highest BCUT2D eigenvalue weighted by molar-refractivity contribution is 5.94. The lowest BCUT2D eigenvalue weighted by Crippen LogP contribution is -2.31. The molecule has 2 heteroatoms. The number of amides is 1. The SMILES string of the molecule is CCCCCC#C[C@@H](C)NC(=O)c1ccccc1. The first-order valence-corrected chi connectivity index (χ1v) is 6.58. The quantitative estimate of drug-likeness (QED) is 0.623. The Bertz CT molecular complexity index is 414. The molecule has 0 aliphatic carbocycles. The molecule has 2 nitrogen and oxygen atoms in total. The number of carbonyl (C=O) groups excluding carboxylic acids is 1. The Labute approximate surface area is 110 Å². The lowest BCUT2D eigenvalue weighted by atomic mass is 10.2. The molecule has 0 bridgehead atoms. The van der Waals surface area contributed by atoms with Crippen LogP contribution in [0.5, 0.6) is 0 Å². The van der Waals surface area contributed by atoms with Crippen molar-refractivity contribution in [3.05, 3.63) is 35.9 Å². The maximum Gasteiger partial charge on any atom is 0.252 e. The highest BCUT2D eigenvalue weighted by atomic mass is 16.1. The summed E-state index contributed by atoms with van der Waals surface area (Å²) in [4.78, 5) is 11.8. The van der Waals surface area contributed by atoms with Crippen LogP contribution in [-0.2, 0) is 0 Å². The predicted octanol–water partition coefficient (Wildman–Crippen LogP) is 3.39. The van der Waals surface area contributed by atoms with Crippen molar-refractivity contribution in [3.8, 4) is 11.8 Å². The summed E-state index contributed by atoms with van der Waals surface area (Å²) in [6.07, 6.45) is 4.49. The second kappa shape index (κ2) is 8.36. The van der Waals surface area contributed by atoms with Crippen molar-refractivity contribution < 1.29 is 4.79 Å². The Morgan fingerprint density at radius 2 is 2.00 bits per heavy atom. The van der Waals surface area contributed by atoms with Crippen LogP contribution in [0.2, 0.25) is 0 Å². The third-order valence-electron chi connectivity index (χ3n) is 2.61. The predicted molar refractivity (Wildman–Crippen MR) is 75.3 cm³/mol. The monoisotopic (exact) mass is 243 g/mol. The Balaban J connectivity index is 2.36. The van der Waals surface area contributed by atoms with Crippen LogP contribution < -0.4 is 5.32 Å². The average Bonchev–Trinajstić information content (AvgIpc) is 2.39. The topological polar surface area (TPSA) is 29.1 Å². The van der Waals surface area contributed by atoms with Crippen molar-refractivity contribution in [1.82, 2.24) is 5.32 Å². The molecule has 0 spiro atoms. The minimum absolute atomic E-state index is 0.0639. The molecular weight excluding hydrogens is 222 g/mol. The number of unbranched alkanes of at least 4 members (excludes halogenated alkanes) is 3. The van der Waals surface area contributed by atoms with Crippen LogP contribution in [0.1, 0.15) is 49.9 Å². The van der Waals surface area contributed by atoms with E-state index in [1.54, 1.807) is 12.1 Å². The van der Waals surface area contributed by atoms with Gasteiger partial charge in [-0.05, 0) is 25.5 Å². The fourth-order valence-corrected chi connectivity index (χ4v) is 1.59. The van der Waals surface area contributed by atoms with Gasteiger partial charge in [-0.1, -0.05) is 43.9 Å². The van der Waals surface area contributed by atoms with Gasteiger partial charge in [0, 0.05) is 12.0 Å². The summed E-state index contributed by atoms with van der Waals surface area (Å²) in [5, 5.41) is 2.87. The van der Waals surface area contributed by atoms with Crippen LogP contribution in [0.25, 0.3) is 0 Å². The van der Waals surface area contributed by atoms with Gasteiger partial charge in [0.15, 0.2) is 0 Å². The summed E-state index contributed by atoms with van der Waals surface area (Å²) in [7, 11) is 0. The van der Waals surface area contributed by atoms with Gasteiger partial charge in [-0.2, -0.15) is 0 Å². The molecule has 0 unspecified atom stereocenters. The van der Waals surface area contributed by atoms with Crippen molar-refractivity contribution in [1.29, 1.82) is 0 Å². The van der Waals surface area contributed by atoms with Crippen molar-refractivity contribution in [2.75, 3.05) is 0 Å². The first-order valence-electron chi connectivity index (χ1n) is 6.58. The Hall–Kier alpha value is -1.75. The summed E-state index contributed by atoms with van der Waals surface area (Å²) >= 11 is 0. The van der Waals surface area contributed by atoms with Gasteiger partial charge >= 0.3 is 0 Å². The summed E-state index contributed by atoms with van der Waals surface area (Å²) in [6.45, 7) is 4.09. The second-order valence-corrected chi connectivity index (χ2v) is 4.34. The van der Waals surface area contributed by atoms with E-state index in [4.69, 9.17) is 0 Å². The first-order chi connectivity index (χ1) is 8.74. The summed E-state index contributed by atoms with van der Waals surface area (Å²) in [5.74, 6) is 6.11. The van der Waals surface area contributed by atoms with Crippen LogP contribution in [0.3, 0.4) is 0 Å².